The average molecular weight is 344 g/mol. The number of ether oxygens (including phenoxy) is 1. The van der Waals surface area contributed by atoms with E-state index in [1.165, 1.54) is 24.4 Å². The summed E-state index contributed by atoms with van der Waals surface area (Å²) in [6.07, 6.45) is 0.414. The predicted molar refractivity (Wildman–Crippen MR) is 85.7 cm³/mol. The summed E-state index contributed by atoms with van der Waals surface area (Å²) in [5, 5.41) is 15.2. The Morgan fingerprint density at radius 3 is 2.71 bits per heavy atom. The van der Waals surface area contributed by atoms with E-state index in [0.717, 1.165) is 11.3 Å². The van der Waals surface area contributed by atoms with Gasteiger partial charge in [0.2, 0.25) is 0 Å². The molecule has 0 aliphatic rings. The number of thiophene rings is 1. The van der Waals surface area contributed by atoms with Crippen molar-refractivity contribution in [2.24, 2.45) is 0 Å². The minimum absolute atomic E-state index is 0.0964. The second-order valence-electron chi connectivity index (χ2n) is 4.34. The number of anilines is 1. The first-order valence-electron chi connectivity index (χ1n) is 6.78. The highest BCUT2D eigenvalue weighted by Gasteiger charge is 2.18. The van der Waals surface area contributed by atoms with Gasteiger partial charge >= 0.3 is 6.09 Å². The molecule has 0 aliphatic carbocycles. The van der Waals surface area contributed by atoms with Crippen molar-refractivity contribution in [3.8, 4) is 6.07 Å². The molecular formula is C15H12N4O4S. The Bertz CT molecular complexity index is 808. The van der Waals surface area contributed by atoms with Crippen molar-refractivity contribution in [3.63, 3.8) is 0 Å². The van der Waals surface area contributed by atoms with Crippen LogP contribution in [0, 0.1) is 11.3 Å². The lowest BCUT2D eigenvalue weighted by molar-refractivity contribution is 0.0926. The first-order chi connectivity index (χ1) is 11.5. The molecule has 2 aromatic heterocycles. The van der Waals surface area contributed by atoms with E-state index in [9.17, 15) is 14.4 Å². The summed E-state index contributed by atoms with van der Waals surface area (Å²) in [7, 11) is 0. The number of aromatic nitrogens is 1. The van der Waals surface area contributed by atoms with Crippen LogP contribution in [0.3, 0.4) is 0 Å². The van der Waals surface area contributed by atoms with Crippen LogP contribution in [0.4, 0.5) is 9.80 Å². The van der Waals surface area contributed by atoms with E-state index in [-0.39, 0.29) is 22.9 Å². The van der Waals surface area contributed by atoms with Crippen LogP contribution >= 0.6 is 11.3 Å². The van der Waals surface area contributed by atoms with Crippen LogP contribution in [0.2, 0.25) is 0 Å². The van der Waals surface area contributed by atoms with Crippen LogP contribution in [0.15, 0.2) is 29.8 Å². The van der Waals surface area contributed by atoms with Gasteiger partial charge in [0.1, 0.15) is 16.8 Å². The van der Waals surface area contributed by atoms with Crippen molar-refractivity contribution in [2.75, 3.05) is 11.9 Å². The van der Waals surface area contributed by atoms with Gasteiger partial charge in [-0.1, -0.05) is 0 Å². The number of carbonyl (C=O) groups excluding carboxylic acids is 3. The Kier molecular flexibility index (Phi) is 5.59. The molecule has 0 radical (unpaired) electrons. The summed E-state index contributed by atoms with van der Waals surface area (Å²) in [4.78, 5) is 39.3. The fourth-order valence-corrected chi connectivity index (χ4v) is 2.45. The zero-order valence-corrected chi connectivity index (χ0v) is 13.3. The molecule has 0 aliphatic heterocycles. The van der Waals surface area contributed by atoms with E-state index in [4.69, 9.17) is 5.26 Å². The van der Waals surface area contributed by atoms with Gasteiger partial charge in [-0.2, -0.15) is 5.26 Å². The quantitative estimate of drug-likeness (QED) is 0.876. The van der Waals surface area contributed by atoms with Crippen LogP contribution in [-0.4, -0.2) is 29.5 Å². The minimum Gasteiger partial charge on any atom is -0.450 e. The molecule has 2 heterocycles. The third-order valence-corrected chi connectivity index (χ3v) is 3.58. The molecular weight excluding hydrogens is 332 g/mol. The van der Waals surface area contributed by atoms with Gasteiger partial charge in [0.25, 0.3) is 11.8 Å². The van der Waals surface area contributed by atoms with Gasteiger partial charge in [-0.3, -0.25) is 14.9 Å². The number of hydrogen-bond acceptors (Lipinski definition) is 7. The lowest BCUT2D eigenvalue weighted by atomic mass is 10.2. The van der Waals surface area contributed by atoms with Crippen molar-refractivity contribution < 1.29 is 19.1 Å². The Morgan fingerprint density at radius 2 is 2.08 bits per heavy atom. The Labute approximate surface area is 141 Å². The molecule has 0 atom stereocenters. The molecule has 122 valence electrons. The van der Waals surface area contributed by atoms with Gasteiger partial charge in [-0.05, 0) is 30.5 Å². The topological polar surface area (TPSA) is 121 Å². The lowest BCUT2D eigenvalue weighted by Gasteiger charge is -2.06. The van der Waals surface area contributed by atoms with Gasteiger partial charge in [0.05, 0.1) is 17.7 Å². The number of hydrogen-bond donors (Lipinski definition) is 2. The van der Waals surface area contributed by atoms with Crippen molar-refractivity contribution >= 4 is 34.2 Å². The summed E-state index contributed by atoms with van der Waals surface area (Å²) in [5.74, 6) is -1.22. The molecule has 0 spiro atoms. The SMILES string of the molecule is CCOC(=O)NC(=O)c1ccsc1NC(=O)c1ccc(C#N)cn1. The maximum atomic E-state index is 12.1. The zero-order chi connectivity index (χ0) is 17.5. The molecule has 0 saturated heterocycles. The molecule has 0 fully saturated rings. The summed E-state index contributed by atoms with van der Waals surface area (Å²) < 4.78 is 4.63. The maximum Gasteiger partial charge on any atom is 0.414 e. The van der Waals surface area contributed by atoms with E-state index < -0.39 is 17.9 Å². The monoisotopic (exact) mass is 344 g/mol. The van der Waals surface area contributed by atoms with Crippen LogP contribution in [0.25, 0.3) is 0 Å². The number of nitriles is 1. The number of nitrogens with zero attached hydrogens (tertiary/aromatic N) is 2. The standard InChI is InChI=1S/C15H12N4O4S/c1-2-23-15(22)19-12(20)10-5-6-24-14(10)18-13(21)11-4-3-9(7-16)8-17-11/h3-6,8H,2H2,1H3,(H,18,21)(H,19,20,22). The van der Waals surface area contributed by atoms with Crippen LogP contribution < -0.4 is 10.6 Å². The number of amides is 3. The smallest absolute Gasteiger partial charge is 0.414 e. The molecule has 24 heavy (non-hydrogen) atoms. The second kappa shape index (κ2) is 7.85. The largest absolute Gasteiger partial charge is 0.450 e. The highest BCUT2D eigenvalue weighted by molar-refractivity contribution is 7.14. The Balaban J connectivity index is 2.09. The average Bonchev–Trinajstić information content (AvgIpc) is 3.03. The number of imide groups is 1. The summed E-state index contributed by atoms with van der Waals surface area (Å²) in [5.41, 5.74) is 0.561. The first kappa shape index (κ1) is 17.1. The van der Waals surface area contributed by atoms with Gasteiger partial charge in [0.15, 0.2) is 0 Å². The molecule has 8 nitrogen and oxygen atoms in total. The maximum absolute atomic E-state index is 12.1. The highest BCUT2D eigenvalue weighted by Crippen LogP contribution is 2.23. The summed E-state index contributed by atoms with van der Waals surface area (Å²) in [6, 6.07) is 6.24. The Hall–Kier alpha value is -3.25. The van der Waals surface area contributed by atoms with Gasteiger partial charge < -0.3 is 10.1 Å². The molecule has 2 aromatic rings. The fourth-order valence-electron chi connectivity index (χ4n) is 1.67. The number of carbonyl (C=O) groups is 3. The van der Waals surface area contributed by atoms with Crippen molar-refractivity contribution in [3.05, 3.63) is 46.6 Å². The van der Waals surface area contributed by atoms with Gasteiger partial charge in [-0.25, -0.2) is 9.78 Å². The number of rotatable bonds is 4. The molecule has 0 aromatic carbocycles. The van der Waals surface area contributed by atoms with E-state index in [2.05, 4.69) is 20.4 Å². The van der Waals surface area contributed by atoms with Crippen LogP contribution in [-0.2, 0) is 4.74 Å². The number of nitrogens with one attached hydrogen (secondary N) is 2. The Morgan fingerprint density at radius 1 is 1.29 bits per heavy atom. The van der Waals surface area contributed by atoms with Crippen molar-refractivity contribution in [1.29, 1.82) is 5.26 Å². The second-order valence-corrected chi connectivity index (χ2v) is 5.25. The van der Waals surface area contributed by atoms with Crippen LogP contribution in [0.1, 0.15) is 33.3 Å². The van der Waals surface area contributed by atoms with E-state index >= 15 is 0 Å². The molecule has 0 saturated carbocycles. The highest BCUT2D eigenvalue weighted by atomic mass is 32.1. The summed E-state index contributed by atoms with van der Waals surface area (Å²) in [6.45, 7) is 1.75. The van der Waals surface area contributed by atoms with Crippen molar-refractivity contribution in [2.45, 2.75) is 6.92 Å². The molecule has 0 bridgehead atoms. The first-order valence-corrected chi connectivity index (χ1v) is 7.66. The molecule has 2 N–H and O–H groups in total. The zero-order valence-electron chi connectivity index (χ0n) is 12.5. The normalized spacial score (nSPS) is 9.67. The number of pyridine rings is 1. The molecule has 9 heteroatoms. The predicted octanol–water partition coefficient (Wildman–Crippen LogP) is 2.15. The summed E-state index contributed by atoms with van der Waals surface area (Å²) >= 11 is 1.12. The third-order valence-electron chi connectivity index (χ3n) is 2.75. The van der Waals surface area contributed by atoms with Gasteiger partial charge in [-0.15, -0.1) is 11.3 Å². The molecule has 2 rings (SSSR count). The molecule has 3 amide bonds. The van der Waals surface area contributed by atoms with Crippen molar-refractivity contribution in [1.82, 2.24) is 10.3 Å². The fraction of sp³-hybridized carbons (Fsp3) is 0.133. The lowest BCUT2D eigenvalue weighted by Crippen LogP contribution is -2.31. The van der Waals surface area contributed by atoms with E-state index in [1.54, 1.807) is 12.3 Å². The van der Waals surface area contributed by atoms with Crippen LogP contribution in [0.5, 0.6) is 0 Å². The molecule has 0 unspecified atom stereocenters. The number of alkyl carbamates (subject to hydrolysis) is 1. The third kappa shape index (κ3) is 4.15. The van der Waals surface area contributed by atoms with Gasteiger partial charge in [0, 0.05) is 6.20 Å². The van der Waals surface area contributed by atoms with E-state index in [1.807, 2.05) is 6.07 Å². The van der Waals surface area contributed by atoms with E-state index in [0.29, 0.717) is 5.56 Å². The minimum atomic E-state index is -0.861.